The highest BCUT2D eigenvalue weighted by Gasteiger charge is 2.33. The number of nitro benzene ring substituents is 1. The summed E-state index contributed by atoms with van der Waals surface area (Å²) in [4.78, 5) is 34.0. The molecule has 0 spiro atoms. The Kier molecular flexibility index (Phi) is 4.84. The number of nitrogens with one attached hydrogen (secondary N) is 1. The lowest BCUT2D eigenvalue weighted by molar-refractivity contribution is -0.384. The number of hydrogen-bond acceptors (Lipinski definition) is 5. The van der Waals surface area contributed by atoms with Crippen LogP contribution in [0.25, 0.3) is 22.7 Å². The van der Waals surface area contributed by atoms with Gasteiger partial charge >= 0.3 is 0 Å². The number of fused-ring (bicyclic) bond motifs is 4. The molecule has 1 N–H and O–H groups in total. The second-order valence-electron chi connectivity index (χ2n) is 9.26. The van der Waals surface area contributed by atoms with E-state index in [1.54, 1.807) is 16.7 Å². The van der Waals surface area contributed by atoms with Crippen molar-refractivity contribution in [3.63, 3.8) is 0 Å². The van der Waals surface area contributed by atoms with Crippen LogP contribution in [0.4, 0.5) is 5.69 Å². The van der Waals surface area contributed by atoms with Crippen LogP contribution >= 0.6 is 11.3 Å². The highest BCUT2D eigenvalue weighted by atomic mass is 32.1. The van der Waals surface area contributed by atoms with Crippen molar-refractivity contribution in [1.82, 2.24) is 9.55 Å². The van der Waals surface area contributed by atoms with Crippen LogP contribution in [-0.4, -0.2) is 14.5 Å². The molecule has 5 aromatic rings. The molecule has 7 rings (SSSR count). The van der Waals surface area contributed by atoms with E-state index in [2.05, 4.69) is 17.1 Å². The maximum Gasteiger partial charge on any atom is 0.271 e. The normalized spacial score (nSPS) is 16.8. The molecule has 180 valence electrons. The molecule has 3 heterocycles. The monoisotopic (exact) mass is 504 g/mol. The van der Waals surface area contributed by atoms with E-state index in [-0.39, 0.29) is 11.2 Å². The number of benzene rings is 3. The lowest BCUT2D eigenvalue weighted by Gasteiger charge is -2.30. The molecular weight excluding hydrogens is 484 g/mol. The molecule has 2 aliphatic rings. The van der Waals surface area contributed by atoms with Crippen molar-refractivity contribution in [2.45, 2.75) is 18.9 Å². The third kappa shape index (κ3) is 3.41. The number of non-ortho nitro benzene ring substituents is 1. The van der Waals surface area contributed by atoms with Crippen LogP contribution < -0.4 is 14.9 Å². The first-order valence-electron chi connectivity index (χ1n) is 12.0. The van der Waals surface area contributed by atoms with Gasteiger partial charge in [0.2, 0.25) is 0 Å². The highest BCUT2D eigenvalue weighted by molar-refractivity contribution is 7.07. The topological polar surface area (TPSA) is 93.3 Å². The fourth-order valence-corrected chi connectivity index (χ4v) is 6.48. The van der Waals surface area contributed by atoms with Crippen molar-refractivity contribution in [2.24, 2.45) is 4.99 Å². The summed E-state index contributed by atoms with van der Waals surface area (Å²) in [6.07, 6.45) is 5.37. The van der Waals surface area contributed by atoms with E-state index in [1.807, 2.05) is 54.7 Å². The standard InChI is InChI=1S/C29H20N4O3S/c34-28-25(15-19-16-30-24-11-4-3-9-21(19)24)37-29-31-26-22-10-2-1-6-17(22)12-13-23(26)27(32(28)29)18-7-5-8-20(14-18)33(35)36/h1-11,14-16,27,30H,12-13H2/b25-15-. The molecule has 0 saturated carbocycles. The number of H-pyrrole nitrogens is 1. The van der Waals surface area contributed by atoms with Gasteiger partial charge in [0.15, 0.2) is 4.80 Å². The number of para-hydroxylation sites is 1. The highest BCUT2D eigenvalue weighted by Crippen LogP contribution is 2.41. The number of allylic oxidation sites excluding steroid dienone is 1. The quantitative estimate of drug-likeness (QED) is 0.285. The average molecular weight is 505 g/mol. The zero-order chi connectivity index (χ0) is 25.1. The second-order valence-corrected chi connectivity index (χ2v) is 10.3. The summed E-state index contributed by atoms with van der Waals surface area (Å²) in [7, 11) is 0. The molecule has 7 nitrogen and oxygen atoms in total. The van der Waals surface area contributed by atoms with Crippen LogP contribution in [0, 0.1) is 10.1 Å². The number of thiazole rings is 1. The van der Waals surface area contributed by atoms with Gasteiger partial charge in [0, 0.05) is 40.4 Å². The molecule has 2 aromatic heterocycles. The third-order valence-electron chi connectivity index (χ3n) is 7.18. The second kappa shape index (κ2) is 8.25. The largest absolute Gasteiger partial charge is 0.361 e. The molecule has 0 bridgehead atoms. The van der Waals surface area contributed by atoms with Gasteiger partial charge in [-0.25, -0.2) is 4.99 Å². The van der Waals surface area contributed by atoms with Crippen LogP contribution in [-0.2, 0) is 6.42 Å². The SMILES string of the molecule is O=c1/c(=C/c2c[nH]c3ccccc23)sc2n1C(c1cccc([N+](=O)[O-])c1)C1=C(N=2)c2ccccc2CC1. The van der Waals surface area contributed by atoms with E-state index in [0.717, 1.165) is 51.7 Å². The fourth-order valence-electron chi connectivity index (χ4n) is 5.49. The summed E-state index contributed by atoms with van der Waals surface area (Å²) in [6, 6.07) is 22.3. The summed E-state index contributed by atoms with van der Waals surface area (Å²) in [5.41, 5.74) is 6.70. The molecule has 0 radical (unpaired) electrons. The predicted molar refractivity (Wildman–Crippen MR) is 144 cm³/mol. The molecule has 3 aromatic carbocycles. The first-order chi connectivity index (χ1) is 18.1. The molecule has 37 heavy (non-hydrogen) atoms. The Balaban J connectivity index is 1.50. The summed E-state index contributed by atoms with van der Waals surface area (Å²) in [5.74, 6) is 0. The van der Waals surface area contributed by atoms with Gasteiger partial charge < -0.3 is 4.98 Å². The molecular formula is C29H20N4O3S. The molecule has 1 aliphatic carbocycles. The van der Waals surface area contributed by atoms with E-state index in [9.17, 15) is 14.9 Å². The van der Waals surface area contributed by atoms with Crippen LogP contribution in [0.5, 0.6) is 0 Å². The number of aromatic nitrogens is 2. The van der Waals surface area contributed by atoms with Gasteiger partial charge in [-0.15, -0.1) is 0 Å². The third-order valence-corrected chi connectivity index (χ3v) is 8.16. The number of nitro groups is 1. The summed E-state index contributed by atoms with van der Waals surface area (Å²) in [6.45, 7) is 0. The van der Waals surface area contributed by atoms with Crippen LogP contribution in [0.3, 0.4) is 0 Å². The molecule has 1 aliphatic heterocycles. The lowest BCUT2D eigenvalue weighted by Crippen LogP contribution is -2.38. The van der Waals surface area contributed by atoms with E-state index in [4.69, 9.17) is 4.99 Å². The maximum absolute atomic E-state index is 13.9. The molecule has 8 heteroatoms. The van der Waals surface area contributed by atoms with Crippen molar-refractivity contribution in [3.8, 4) is 0 Å². The Labute approximate surface area is 214 Å². The Morgan fingerprint density at radius 1 is 1.05 bits per heavy atom. The van der Waals surface area contributed by atoms with Crippen molar-refractivity contribution in [3.05, 3.63) is 137 Å². The number of hydrogen-bond donors (Lipinski definition) is 1. The first kappa shape index (κ1) is 21.7. The zero-order valence-electron chi connectivity index (χ0n) is 19.5. The molecule has 0 amide bonds. The Morgan fingerprint density at radius 3 is 2.78 bits per heavy atom. The first-order valence-corrected chi connectivity index (χ1v) is 12.8. The Morgan fingerprint density at radius 2 is 1.89 bits per heavy atom. The van der Waals surface area contributed by atoms with Gasteiger partial charge in [0.05, 0.1) is 21.2 Å². The average Bonchev–Trinajstić information content (AvgIpc) is 3.48. The van der Waals surface area contributed by atoms with E-state index < -0.39 is 11.0 Å². The van der Waals surface area contributed by atoms with Gasteiger partial charge in [0.1, 0.15) is 0 Å². The van der Waals surface area contributed by atoms with Crippen molar-refractivity contribution < 1.29 is 4.92 Å². The minimum Gasteiger partial charge on any atom is -0.361 e. The lowest BCUT2D eigenvalue weighted by atomic mass is 9.83. The molecule has 0 saturated heterocycles. The summed E-state index contributed by atoms with van der Waals surface area (Å²) in [5, 5.41) is 12.6. The molecule has 1 atom stereocenters. The minimum atomic E-state index is -0.454. The van der Waals surface area contributed by atoms with Crippen molar-refractivity contribution in [1.29, 1.82) is 0 Å². The Hall–Kier alpha value is -4.56. The van der Waals surface area contributed by atoms with E-state index in [0.29, 0.717) is 9.33 Å². The summed E-state index contributed by atoms with van der Waals surface area (Å²) < 4.78 is 2.30. The van der Waals surface area contributed by atoms with E-state index in [1.165, 1.54) is 23.0 Å². The van der Waals surface area contributed by atoms with Crippen molar-refractivity contribution in [2.75, 3.05) is 0 Å². The number of aromatic amines is 1. The number of aryl methyl sites for hydroxylation is 1. The van der Waals surface area contributed by atoms with E-state index >= 15 is 0 Å². The summed E-state index contributed by atoms with van der Waals surface area (Å²) >= 11 is 1.35. The van der Waals surface area contributed by atoms with Crippen LogP contribution in [0.2, 0.25) is 0 Å². The smallest absolute Gasteiger partial charge is 0.271 e. The fraction of sp³-hybridized carbons (Fsp3) is 0.103. The number of nitrogens with zero attached hydrogens (tertiary/aromatic N) is 3. The van der Waals surface area contributed by atoms with Crippen molar-refractivity contribution >= 4 is 39.7 Å². The minimum absolute atomic E-state index is 0.00813. The Bertz CT molecular complexity index is 1960. The molecule has 1 unspecified atom stereocenters. The van der Waals surface area contributed by atoms with Crippen LogP contribution in [0.15, 0.2) is 94.4 Å². The molecule has 0 fully saturated rings. The maximum atomic E-state index is 13.9. The van der Waals surface area contributed by atoms with Gasteiger partial charge in [-0.05, 0) is 41.7 Å². The zero-order valence-corrected chi connectivity index (χ0v) is 20.4. The van der Waals surface area contributed by atoms with Gasteiger partial charge in [-0.1, -0.05) is 65.9 Å². The van der Waals surface area contributed by atoms with Gasteiger partial charge in [-0.3, -0.25) is 19.5 Å². The van der Waals surface area contributed by atoms with Gasteiger partial charge in [-0.2, -0.15) is 0 Å². The number of rotatable bonds is 3. The van der Waals surface area contributed by atoms with Crippen LogP contribution in [0.1, 0.15) is 34.7 Å². The predicted octanol–water partition coefficient (Wildman–Crippen LogP) is 4.71. The van der Waals surface area contributed by atoms with Gasteiger partial charge in [0.25, 0.3) is 11.2 Å².